The molecule has 0 spiro atoms. The van der Waals surface area contributed by atoms with Gasteiger partial charge >= 0.3 is 0 Å². The molecule has 3 aromatic rings. The zero-order valence-corrected chi connectivity index (χ0v) is 16.9. The maximum atomic E-state index is 12.5. The lowest BCUT2D eigenvalue weighted by Crippen LogP contribution is -2.30. The molecule has 0 aliphatic rings. The van der Waals surface area contributed by atoms with E-state index >= 15 is 0 Å². The van der Waals surface area contributed by atoms with Gasteiger partial charge in [-0.15, -0.1) is 11.8 Å². The van der Waals surface area contributed by atoms with E-state index in [2.05, 4.69) is 20.8 Å². The minimum atomic E-state index is -0.205. The first kappa shape index (κ1) is 20.6. The third-order valence-electron chi connectivity index (χ3n) is 4.06. The number of rotatable bonds is 9. The number of aromatic nitrogens is 2. The monoisotopic (exact) mass is 410 g/mol. The van der Waals surface area contributed by atoms with Gasteiger partial charge in [-0.1, -0.05) is 17.3 Å². The molecule has 1 aromatic carbocycles. The number of pyridine rings is 1. The molecule has 8 heteroatoms. The van der Waals surface area contributed by atoms with Crippen molar-refractivity contribution in [3.8, 4) is 0 Å². The maximum absolute atomic E-state index is 12.5. The molecule has 0 radical (unpaired) electrons. The summed E-state index contributed by atoms with van der Waals surface area (Å²) in [6, 6.07) is 12.9. The quantitative estimate of drug-likeness (QED) is 0.526. The van der Waals surface area contributed by atoms with E-state index in [0.29, 0.717) is 17.9 Å². The van der Waals surface area contributed by atoms with E-state index in [0.717, 1.165) is 21.9 Å². The summed E-state index contributed by atoms with van der Waals surface area (Å²) in [4.78, 5) is 29.3. The minimum absolute atomic E-state index is 0.120. The van der Waals surface area contributed by atoms with E-state index in [1.165, 1.54) is 11.8 Å². The van der Waals surface area contributed by atoms with Crippen molar-refractivity contribution < 1.29 is 14.1 Å². The Hall–Kier alpha value is -3.13. The summed E-state index contributed by atoms with van der Waals surface area (Å²) in [6.07, 6.45) is 3.57. The first-order valence-corrected chi connectivity index (χ1v) is 10.2. The fraction of sp³-hybridized carbons (Fsp3) is 0.238. The van der Waals surface area contributed by atoms with Crippen LogP contribution in [0.4, 0.5) is 0 Å². The number of thioether (sulfide) groups is 1. The van der Waals surface area contributed by atoms with Gasteiger partial charge < -0.3 is 15.2 Å². The zero-order chi connectivity index (χ0) is 20.5. The average molecular weight is 410 g/mol. The molecule has 2 aromatic heterocycles. The van der Waals surface area contributed by atoms with Gasteiger partial charge in [-0.25, -0.2) is 0 Å². The molecule has 0 aliphatic heterocycles. The molecule has 3 rings (SSSR count). The average Bonchev–Trinajstić information content (AvgIpc) is 3.17. The van der Waals surface area contributed by atoms with Crippen LogP contribution in [0.5, 0.6) is 0 Å². The normalized spacial score (nSPS) is 10.5. The first-order valence-electron chi connectivity index (χ1n) is 9.19. The molecule has 0 bridgehead atoms. The standard InChI is InChI=1S/C21H22N4O3S/c1-15-12-17(28-25-15)14-29-19-5-3-2-4-18(19)21(27)23-11-8-20(26)24-13-16-6-9-22-10-7-16/h2-7,9-10,12H,8,11,13-14H2,1H3,(H,23,27)(H,24,26). The van der Waals surface area contributed by atoms with Crippen LogP contribution in [-0.2, 0) is 17.1 Å². The number of nitrogens with zero attached hydrogens (tertiary/aromatic N) is 2. The van der Waals surface area contributed by atoms with Crippen molar-refractivity contribution >= 4 is 23.6 Å². The molecule has 150 valence electrons. The van der Waals surface area contributed by atoms with Crippen LogP contribution in [0, 0.1) is 6.92 Å². The van der Waals surface area contributed by atoms with Crippen molar-refractivity contribution in [2.45, 2.75) is 30.5 Å². The third-order valence-corrected chi connectivity index (χ3v) is 5.15. The lowest BCUT2D eigenvalue weighted by molar-refractivity contribution is -0.121. The van der Waals surface area contributed by atoms with Crippen LogP contribution < -0.4 is 10.6 Å². The second-order valence-corrected chi connectivity index (χ2v) is 7.37. The van der Waals surface area contributed by atoms with Crippen LogP contribution in [0.3, 0.4) is 0 Å². The highest BCUT2D eigenvalue weighted by atomic mass is 32.2. The van der Waals surface area contributed by atoms with E-state index in [-0.39, 0.29) is 24.8 Å². The lowest BCUT2D eigenvalue weighted by Gasteiger charge is -2.10. The molecule has 0 saturated heterocycles. The zero-order valence-electron chi connectivity index (χ0n) is 16.1. The van der Waals surface area contributed by atoms with Gasteiger partial charge in [0.2, 0.25) is 5.91 Å². The van der Waals surface area contributed by atoms with Crippen molar-refractivity contribution in [3.63, 3.8) is 0 Å². The fourth-order valence-electron chi connectivity index (χ4n) is 2.59. The Morgan fingerprint density at radius 1 is 1.10 bits per heavy atom. The van der Waals surface area contributed by atoms with Gasteiger partial charge in [-0.2, -0.15) is 0 Å². The van der Waals surface area contributed by atoms with Gasteiger partial charge in [0.1, 0.15) is 5.76 Å². The van der Waals surface area contributed by atoms with Gasteiger partial charge in [0, 0.05) is 42.9 Å². The molecule has 2 N–H and O–H groups in total. The Kier molecular flexibility index (Phi) is 7.40. The molecule has 0 fully saturated rings. The van der Waals surface area contributed by atoms with Gasteiger partial charge in [0.25, 0.3) is 5.91 Å². The predicted octanol–water partition coefficient (Wildman–Crippen LogP) is 3.11. The van der Waals surface area contributed by atoms with Crippen molar-refractivity contribution in [1.29, 1.82) is 0 Å². The summed E-state index contributed by atoms with van der Waals surface area (Å²) in [7, 11) is 0. The summed E-state index contributed by atoms with van der Waals surface area (Å²) in [6.45, 7) is 2.57. The summed E-state index contributed by atoms with van der Waals surface area (Å²) in [5, 5.41) is 9.51. The molecule has 29 heavy (non-hydrogen) atoms. The molecule has 0 atom stereocenters. The largest absolute Gasteiger partial charge is 0.360 e. The number of carbonyl (C=O) groups is 2. The number of hydrogen-bond acceptors (Lipinski definition) is 6. The number of carbonyl (C=O) groups excluding carboxylic acids is 2. The molecule has 2 heterocycles. The number of amides is 2. The second-order valence-electron chi connectivity index (χ2n) is 6.36. The molecule has 0 aliphatic carbocycles. The summed E-state index contributed by atoms with van der Waals surface area (Å²) in [5.41, 5.74) is 2.38. The van der Waals surface area contributed by atoms with E-state index in [9.17, 15) is 9.59 Å². The van der Waals surface area contributed by atoms with Crippen LogP contribution >= 0.6 is 11.8 Å². The topological polar surface area (TPSA) is 97.1 Å². The van der Waals surface area contributed by atoms with Gasteiger partial charge in [-0.3, -0.25) is 14.6 Å². The predicted molar refractivity (Wildman–Crippen MR) is 110 cm³/mol. The van der Waals surface area contributed by atoms with E-state index in [1.54, 1.807) is 18.5 Å². The summed E-state index contributed by atoms with van der Waals surface area (Å²) in [5.74, 6) is 1.02. The molecular weight excluding hydrogens is 388 g/mol. The minimum Gasteiger partial charge on any atom is -0.360 e. The molecule has 7 nitrogen and oxygen atoms in total. The third kappa shape index (κ3) is 6.46. The highest BCUT2D eigenvalue weighted by Crippen LogP contribution is 2.26. The molecule has 0 unspecified atom stereocenters. The van der Waals surface area contributed by atoms with Crippen LogP contribution in [0.15, 0.2) is 64.3 Å². The van der Waals surface area contributed by atoms with Crippen molar-refractivity contribution in [2.75, 3.05) is 6.54 Å². The number of hydrogen-bond donors (Lipinski definition) is 2. The van der Waals surface area contributed by atoms with Crippen molar-refractivity contribution in [1.82, 2.24) is 20.8 Å². The molecule has 2 amide bonds. The maximum Gasteiger partial charge on any atom is 0.252 e. The van der Waals surface area contributed by atoms with Crippen molar-refractivity contribution in [2.24, 2.45) is 0 Å². The second kappa shape index (κ2) is 10.4. The lowest BCUT2D eigenvalue weighted by atomic mass is 10.2. The van der Waals surface area contributed by atoms with Gasteiger partial charge in [0.05, 0.1) is 17.0 Å². The summed E-state index contributed by atoms with van der Waals surface area (Å²) < 4.78 is 5.21. The highest BCUT2D eigenvalue weighted by molar-refractivity contribution is 7.98. The number of nitrogens with one attached hydrogen (secondary N) is 2. The fourth-order valence-corrected chi connectivity index (χ4v) is 3.51. The Morgan fingerprint density at radius 3 is 2.66 bits per heavy atom. The molecule has 0 saturated carbocycles. The number of aryl methyl sites for hydroxylation is 1. The van der Waals surface area contributed by atoms with Crippen LogP contribution in [0.25, 0.3) is 0 Å². The highest BCUT2D eigenvalue weighted by Gasteiger charge is 2.13. The van der Waals surface area contributed by atoms with E-state index in [1.807, 2.05) is 43.3 Å². The van der Waals surface area contributed by atoms with Gasteiger partial charge in [-0.05, 0) is 36.8 Å². The Bertz CT molecular complexity index is 959. The van der Waals surface area contributed by atoms with Crippen LogP contribution in [0.1, 0.15) is 33.8 Å². The summed E-state index contributed by atoms with van der Waals surface area (Å²) >= 11 is 1.51. The van der Waals surface area contributed by atoms with E-state index in [4.69, 9.17) is 4.52 Å². The Morgan fingerprint density at radius 2 is 1.90 bits per heavy atom. The Balaban J connectivity index is 1.46. The van der Waals surface area contributed by atoms with Crippen LogP contribution in [-0.4, -0.2) is 28.5 Å². The van der Waals surface area contributed by atoms with E-state index < -0.39 is 0 Å². The van der Waals surface area contributed by atoms with Crippen LogP contribution in [0.2, 0.25) is 0 Å². The SMILES string of the molecule is Cc1cc(CSc2ccccc2C(=O)NCCC(=O)NCc2ccncc2)on1. The number of benzene rings is 1. The van der Waals surface area contributed by atoms with Crippen molar-refractivity contribution in [3.05, 3.63) is 77.4 Å². The molecular formula is C21H22N4O3S. The first-order chi connectivity index (χ1) is 14.1. The smallest absolute Gasteiger partial charge is 0.252 e. The Labute approximate surface area is 173 Å². The van der Waals surface area contributed by atoms with Gasteiger partial charge in [0.15, 0.2) is 0 Å².